The number of nitrogens with zero attached hydrogens (tertiary/aromatic N) is 2. The first-order chi connectivity index (χ1) is 16.0. The van der Waals surface area contributed by atoms with Crippen LogP contribution in [0, 0.1) is 12.7 Å². The summed E-state index contributed by atoms with van der Waals surface area (Å²) in [6.45, 7) is 1.93. The van der Waals surface area contributed by atoms with E-state index >= 15 is 0 Å². The topological polar surface area (TPSA) is 56.1 Å². The lowest BCUT2D eigenvalue weighted by Crippen LogP contribution is -2.28. The quantitative estimate of drug-likeness (QED) is 0.350. The molecule has 7 heteroatoms. The zero-order valence-corrected chi connectivity index (χ0v) is 19.5. The zero-order valence-electron chi connectivity index (χ0n) is 18.8. The number of fused-ring (bicyclic) bond motifs is 1. The number of nitrogens with one attached hydrogen (secondary N) is 1. The Morgan fingerprint density at radius 1 is 1.33 bits per heavy atom. The molecule has 1 atom stereocenters. The fourth-order valence-corrected chi connectivity index (χ4v) is 4.37. The van der Waals surface area contributed by atoms with Gasteiger partial charge in [0.1, 0.15) is 11.6 Å². The number of ether oxygens (including phenoxy) is 1. The standard InChI is InChI=1S/C26H27ClFN3O2/c1-17-15-31(16-29-17)24-10-5-18(13-25(24)33-2)12-20(4-3-11-27)26(32)30-23-9-7-19-6-8-21(28)14-22(19)23/h5-6,8,10,12-16,23H,3-4,7,9,11H2,1-2H3,(H,30,32). The first kappa shape index (κ1) is 23.1. The van der Waals surface area contributed by atoms with E-state index in [4.69, 9.17) is 16.3 Å². The van der Waals surface area contributed by atoms with Crippen LogP contribution in [0.15, 0.2) is 54.5 Å². The molecule has 1 heterocycles. The molecule has 0 bridgehead atoms. The van der Waals surface area contributed by atoms with Crippen molar-refractivity contribution in [2.45, 2.75) is 38.6 Å². The van der Waals surface area contributed by atoms with Gasteiger partial charge in [0.05, 0.1) is 30.9 Å². The molecule has 33 heavy (non-hydrogen) atoms. The number of halogens is 2. The van der Waals surface area contributed by atoms with E-state index in [0.29, 0.717) is 30.0 Å². The van der Waals surface area contributed by atoms with Crippen LogP contribution in [0.4, 0.5) is 4.39 Å². The molecular formula is C26H27ClFN3O2. The molecule has 1 unspecified atom stereocenters. The van der Waals surface area contributed by atoms with Gasteiger partial charge in [0.15, 0.2) is 0 Å². The highest BCUT2D eigenvalue weighted by Crippen LogP contribution is 2.32. The third-order valence-electron chi connectivity index (χ3n) is 5.90. The summed E-state index contributed by atoms with van der Waals surface area (Å²) in [6.07, 6.45) is 8.35. The van der Waals surface area contributed by atoms with Gasteiger partial charge < -0.3 is 14.6 Å². The Balaban J connectivity index is 1.59. The van der Waals surface area contributed by atoms with Crippen LogP contribution in [0.1, 0.15) is 47.7 Å². The molecule has 5 nitrogen and oxygen atoms in total. The highest BCUT2D eigenvalue weighted by atomic mass is 35.5. The van der Waals surface area contributed by atoms with Gasteiger partial charge in [-0.15, -0.1) is 11.6 Å². The van der Waals surface area contributed by atoms with Crippen molar-refractivity contribution in [3.63, 3.8) is 0 Å². The maximum absolute atomic E-state index is 13.8. The van der Waals surface area contributed by atoms with Gasteiger partial charge in [-0.25, -0.2) is 9.37 Å². The van der Waals surface area contributed by atoms with Gasteiger partial charge in [-0.05, 0) is 79.6 Å². The number of methoxy groups -OCH3 is 1. The summed E-state index contributed by atoms with van der Waals surface area (Å²) in [5.41, 5.74) is 5.21. The summed E-state index contributed by atoms with van der Waals surface area (Å²) in [7, 11) is 1.62. The summed E-state index contributed by atoms with van der Waals surface area (Å²) in [5.74, 6) is 0.701. The lowest BCUT2D eigenvalue weighted by molar-refractivity contribution is -0.118. The third kappa shape index (κ3) is 5.28. The van der Waals surface area contributed by atoms with Gasteiger partial charge in [-0.1, -0.05) is 12.1 Å². The highest BCUT2D eigenvalue weighted by molar-refractivity contribution is 6.17. The number of carbonyl (C=O) groups excluding carboxylic acids is 1. The van der Waals surface area contributed by atoms with Crippen LogP contribution in [0.3, 0.4) is 0 Å². The molecule has 1 aliphatic carbocycles. The fourth-order valence-electron chi connectivity index (χ4n) is 4.23. The number of amides is 1. The Kier molecular flexibility index (Phi) is 7.14. The van der Waals surface area contributed by atoms with Crippen LogP contribution < -0.4 is 10.1 Å². The van der Waals surface area contributed by atoms with Gasteiger partial charge in [0.2, 0.25) is 5.91 Å². The van der Waals surface area contributed by atoms with Crippen LogP contribution in [0.25, 0.3) is 11.8 Å². The average molecular weight is 468 g/mol. The van der Waals surface area contributed by atoms with Crippen molar-refractivity contribution in [2.24, 2.45) is 0 Å². The molecule has 0 aliphatic heterocycles. The predicted octanol–water partition coefficient (Wildman–Crippen LogP) is 5.53. The normalized spacial score (nSPS) is 15.4. The van der Waals surface area contributed by atoms with E-state index in [1.165, 1.54) is 12.1 Å². The number of imidazole rings is 1. The first-order valence-electron chi connectivity index (χ1n) is 11.0. The Morgan fingerprint density at radius 3 is 2.91 bits per heavy atom. The van der Waals surface area contributed by atoms with Crippen LogP contribution in [0.5, 0.6) is 5.75 Å². The van der Waals surface area contributed by atoms with Crippen molar-refractivity contribution >= 4 is 23.6 Å². The van der Waals surface area contributed by atoms with Crippen molar-refractivity contribution in [1.82, 2.24) is 14.9 Å². The van der Waals surface area contributed by atoms with E-state index < -0.39 is 0 Å². The largest absolute Gasteiger partial charge is 0.495 e. The highest BCUT2D eigenvalue weighted by Gasteiger charge is 2.25. The first-order valence-corrected chi connectivity index (χ1v) is 11.6. The summed E-state index contributed by atoms with van der Waals surface area (Å²) in [6, 6.07) is 10.4. The second-order valence-corrected chi connectivity index (χ2v) is 8.60. The minimum absolute atomic E-state index is 0.157. The van der Waals surface area contributed by atoms with Crippen molar-refractivity contribution in [1.29, 1.82) is 0 Å². The molecule has 0 spiro atoms. The summed E-state index contributed by atoms with van der Waals surface area (Å²) in [5, 5.41) is 3.10. The molecule has 172 valence electrons. The van der Waals surface area contributed by atoms with Gasteiger partial charge in [-0.2, -0.15) is 0 Å². The maximum atomic E-state index is 13.8. The number of hydrogen-bond acceptors (Lipinski definition) is 3. The smallest absolute Gasteiger partial charge is 0.247 e. The number of alkyl halides is 1. The molecule has 2 aromatic carbocycles. The predicted molar refractivity (Wildman–Crippen MR) is 128 cm³/mol. The van der Waals surface area contributed by atoms with Gasteiger partial charge in [0.25, 0.3) is 0 Å². The van der Waals surface area contributed by atoms with Crippen LogP contribution >= 0.6 is 11.6 Å². The molecule has 0 fully saturated rings. The summed E-state index contributed by atoms with van der Waals surface area (Å²) < 4.78 is 21.3. The number of rotatable bonds is 8. The van der Waals surface area contributed by atoms with E-state index in [1.807, 2.05) is 42.0 Å². The fraction of sp³-hybridized carbons (Fsp3) is 0.308. The Morgan fingerprint density at radius 2 is 2.18 bits per heavy atom. The molecule has 3 aromatic rings. The zero-order chi connectivity index (χ0) is 23.4. The van der Waals surface area contributed by atoms with E-state index in [-0.39, 0.29) is 17.8 Å². The Hall–Kier alpha value is -3.12. The third-order valence-corrected chi connectivity index (χ3v) is 6.16. The molecular weight excluding hydrogens is 441 g/mol. The molecule has 1 aliphatic rings. The van der Waals surface area contributed by atoms with E-state index in [2.05, 4.69) is 10.3 Å². The molecule has 1 aromatic heterocycles. The van der Waals surface area contributed by atoms with Crippen LogP contribution in [0.2, 0.25) is 0 Å². The number of aryl methyl sites for hydroxylation is 2. The lowest BCUT2D eigenvalue weighted by atomic mass is 10.0. The lowest BCUT2D eigenvalue weighted by Gasteiger charge is -2.16. The minimum Gasteiger partial charge on any atom is -0.495 e. The average Bonchev–Trinajstić information content (AvgIpc) is 3.42. The van der Waals surface area contributed by atoms with Gasteiger partial charge in [-0.3, -0.25) is 4.79 Å². The molecule has 0 saturated heterocycles. The van der Waals surface area contributed by atoms with Crippen LogP contribution in [-0.2, 0) is 11.2 Å². The van der Waals surface area contributed by atoms with Crippen molar-refractivity contribution in [2.75, 3.05) is 13.0 Å². The Bertz CT molecular complexity index is 1190. The van der Waals surface area contributed by atoms with Crippen molar-refractivity contribution < 1.29 is 13.9 Å². The second kappa shape index (κ2) is 10.2. The monoisotopic (exact) mass is 467 g/mol. The molecule has 1 N–H and O–H groups in total. The SMILES string of the molecule is COc1cc(C=C(CCCCl)C(=O)NC2CCc3ccc(F)cc32)ccc1-n1cnc(C)c1. The van der Waals surface area contributed by atoms with E-state index in [9.17, 15) is 9.18 Å². The molecule has 0 radical (unpaired) electrons. The van der Waals surface area contributed by atoms with Crippen LogP contribution in [-0.4, -0.2) is 28.4 Å². The summed E-state index contributed by atoms with van der Waals surface area (Å²) in [4.78, 5) is 17.5. The van der Waals surface area contributed by atoms with E-state index in [0.717, 1.165) is 40.9 Å². The van der Waals surface area contributed by atoms with Crippen molar-refractivity contribution in [3.05, 3.63) is 82.7 Å². The Labute approximate surface area is 198 Å². The summed E-state index contributed by atoms with van der Waals surface area (Å²) >= 11 is 5.92. The molecule has 0 saturated carbocycles. The minimum atomic E-state index is -0.284. The maximum Gasteiger partial charge on any atom is 0.247 e. The molecule has 4 rings (SSSR count). The number of hydrogen-bond donors (Lipinski definition) is 1. The van der Waals surface area contributed by atoms with Gasteiger partial charge >= 0.3 is 0 Å². The van der Waals surface area contributed by atoms with Gasteiger partial charge in [0, 0.05) is 17.6 Å². The second-order valence-electron chi connectivity index (χ2n) is 8.22. The van der Waals surface area contributed by atoms with E-state index in [1.54, 1.807) is 19.5 Å². The number of benzene rings is 2. The molecule has 1 amide bonds. The number of aromatic nitrogens is 2. The van der Waals surface area contributed by atoms with Crippen molar-refractivity contribution in [3.8, 4) is 11.4 Å². The number of carbonyl (C=O) groups is 1.